The van der Waals surface area contributed by atoms with Gasteiger partial charge in [0.15, 0.2) is 0 Å². The zero-order chi connectivity index (χ0) is 20.7. The zero-order valence-electron chi connectivity index (χ0n) is 16.0. The molecule has 1 aromatic heterocycles. The summed E-state index contributed by atoms with van der Waals surface area (Å²) in [5.41, 5.74) is 2.66. The number of rotatable bonds is 4. The first-order chi connectivity index (χ1) is 13.9. The molecule has 0 saturated carbocycles. The number of anilines is 1. The Hall–Kier alpha value is -3.68. The third-order valence-electron chi connectivity index (χ3n) is 5.26. The maximum absolute atomic E-state index is 13.2. The van der Waals surface area contributed by atoms with E-state index in [0.717, 1.165) is 16.5 Å². The number of carbonyl (C=O) groups excluding carboxylic acids is 2. The number of benzene rings is 2. The van der Waals surface area contributed by atoms with E-state index < -0.39 is 10.9 Å². The van der Waals surface area contributed by atoms with Crippen molar-refractivity contribution in [3.63, 3.8) is 0 Å². The van der Waals surface area contributed by atoms with E-state index in [9.17, 15) is 19.7 Å². The molecule has 1 atom stereocenters. The number of aromatic nitrogens is 1. The minimum atomic E-state index is -0.459. The number of esters is 1. The molecular formula is C21H19N3O5. The van der Waals surface area contributed by atoms with Crippen LogP contribution in [-0.4, -0.2) is 34.5 Å². The Kier molecular flexibility index (Phi) is 4.54. The minimum Gasteiger partial charge on any atom is -0.465 e. The standard InChI is InChI=1S/C21H19N3O5/c1-13-9-14-10-15(24(27)28)7-8-18(14)23(13)20(25)12-22-11-17(21(26)29-2)16-5-3-4-6-19(16)22/h3-8,10-11,13H,9,12H2,1-2H3. The second-order valence-corrected chi connectivity index (χ2v) is 7.07. The van der Waals surface area contributed by atoms with Crippen LogP contribution in [0, 0.1) is 10.1 Å². The van der Waals surface area contributed by atoms with Gasteiger partial charge in [0.25, 0.3) is 5.69 Å². The summed E-state index contributed by atoms with van der Waals surface area (Å²) < 4.78 is 6.59. The van der Waals surface area contributed by atoms with Crippen molar-refractivity contribution in [3.05, 3.63) is 69.9 Å². The van der Waals surface area contributed by atoms with Crippen LogP contribution in [0.1, 0.15) is 22.8 Å². The Morgan fingerprint density at radius 1 is 1.24 bits per heavy atom. The summed E-state index contributed by atoms with van der Waals surface area (Å²) in [5.74, 6) is -0.609. The molecule has 29 heavy (non-hydrogen) atoms. The van der Waals surface area contributed by atoms with Crippen molar-refractivity contribution in [3.8, 4) is 0 Å². The van der Waals surface area contributed by atoms with Gasteiger partial charge >= 0.3 is 5.97 Å². The van der Waals surface area contributed by atoms with Crippen LogP contribution < -0.4 is 4.90 Å². The lowest BCUT2D eigenvalue weighted by molar-refractivity contribution is -0.384. The maximum Gasteiger partial charge on any atom is 0.340 e. The molecule has 0 spiro atoms. The summed E-state index contributed by atoms with van der Waals surface area (Å²) in [6.45, 7) is 1.95. The Labute approximate surface area is 166 Å². The van der Waals surface area contributed by atoms with E-state index in [4.69, 9.17) is 4.74 Å². The van der Waals surface area contributed by atoms with Crippen LogP contribution in [0.15, 0.2) is 48.7 Å². The first-order valence-electron chi connectivity index (χ1n) is 9.16. The van der Waals surface area contributed by atoms with Crippen molar-refractivity contribution in [1.29, 1.82) is 0 Å². The molecule has 8 heteroatoms. The van der Waals surface area contributed by atoms with Crippen molar-refractivity contribution in [2.45, 2.75) is 25.9 Å². The van der Waals surface area contributed by atoms with E-state index >= 15 is 0 Å². The van der Waals surface area contributed by atoms with Crippen LogP contribution in [0.5, 0.6) is 0 Å². The summed E-state index contributed by atoms with van der Waals surface area (Å²) in [7, 11) is 1.32. The zero-order valence-corrected chi connectivity index (χ0v) is 16.0. The molecule has 1 aliphatic rings. The number of methoxy groups -OCH3 is 1. The van der Waals surface area contributed by atoms with Crippen LogP contribution in [0.3, 0.4) is 0 Å². The number of ether oxygens (including phenoxy) is 1. The van der Waals surface area contributed by atoms with Gasteiger partial charge < -0.3 is 14.2 Å². The van der Waals surface area contributed by atoms with Gasteiger partial charge in [-0.05, 0) is 31.0 Å². The fraction of sp³-hybridized carbons (Fsp3) is 0.238. The van der Waals surface area contributed by atoms with E-state index in [1.165, 1.54) is 19.2 Å². The molecule has 2 aromatic carbocycles. The Bertz CT molecular complexity index is 1150. The third kappa shape index (κ3) is 3.12. The molecule has 148 valence electrons. The quantitative estimate of drug-likeness (QED) is 0.385. The number of hydrogen-bond acceptors (Lipinski definition) is 5. The molecule has 8 nitrogen and oxygen atoms in total. The van der Waals surface area contributed by atoms with Crippen molar-refractivity contribution >= 4 is 34.2 Å². The number of non-ortho nitro benzene ring substituents is 1. The first-order valence-corrected chi connectivity index (χ1v) is 9.16. The average Bonchev–Trinajstić information content (AvgIpc) is 3.23. The van der Waals surface area contributed by atoms with E-state index in [1.54, 1.807) is 21.7 Å². The third-order valence-corrected chi connectivity index (χ3v) is 5.26. The van der Waals surface area contributed by atoms with Gasteiger partial charge in [-0.2, -0.15) is 0 Å². The number of hydrogen-bond donors (Lipinski definition) is 0. The highest BCUT2D eigenvalue weighted by Gasteiger charge is 2.32. The molecule has 0 N–H and O–H groups in total. The van der Waals surface area contributed by atoms with Gasteiger partial charge in [0.1, 0.15) is 6.54 Å². The molecule has 0 fully saturated rings. The normalized spacial score (nSPS) is 15.4. The molecule has 3 aromatic rings. The topological polar surface area (TPSA) is 94.7 Å². The maximum atomic E-state index is 13.2. The summed E-state index contributed by atoms with van der Waals surface area (Å²) in [6.07, 6.45) is 2.19. The lowest BCUT2D eigenvalue weighted by atomic mass is 10.1. The molecule has 1 unspecified atom stereocenters. The van der Waals surface area contributed by atoms with Gasteiger partial charge in [-0.25, -0.2) is 4.79 Å². The van der Waals surface area contributed by atoms with Crippen LogP contribution in [0.4, 0.5) is 11.4 Å². The summed E-state index contributed by atoms with van der Waals surface area (Å²) >= 11 is 0. The smallest absolute Gasteiger partial charge is 0.340 e. The SMILES string of the molecule is COC(=O)c1cn(CC(=O)N2c3ccc([N+](=O)[O-])cc3CC2C)c2ccccc12. The van der Waals surface area contributed by atoms with Crippen LogP contribution in [0.25, 0.3) is 10.9 Å². The van der Waals surface area contributed by atoms with E-state index in [0.29, 0.717) is 17.7 Å². The number of para-hydroxylation sites is 1. The summed E-state index contributed by atoms with van der Waals surface area (Å²) in [6, 6.07) is 11.8. The van der Waals surface area contributed by atoms with Gasteiger partial charge in [-0.1, -0.05) is 18.2 Å². The molecule has 0 saturated heterocycles. The molecule has 0 radical (unpaired) electrons. The van der Waals surface area contributed by atoms with Crippen molar-refractivity contribution in [2.75, 3.05) is 12.0 Å². The van der Waals surface area contributed by atoms with E-state index in [2.05, 4.69) is 0 Å². The molecule has 1 aliphatic heterocycles. The van der Waals surface area contributed by atoms with Gasteiger partial charge in [0.2, 0.25) is 5.91 Å². The number of nitrogens with zero attached hydrogens (tertiary/aromatic N) is 3. The molecule has 0 bridgehead atoms. The highest BCUT2D eigenvalue weighted by molar-refractivity contribution is 6.05. The fourth-order valence-corrected chi connectivity index (χ4v) is 3.98. The Morgan fingerprint density at radius 3 is 2.72 bits per heavy atom. The molecular weight excluding hydrogens is 374 g/mol. The first kappa shape index (κ1) is 18.7. The van der Waals surface area contributed by atoms with Crippen molar-refractivity contribution in [2.24, 2.45) is 0 Å². The van der Waals surface area contributed by atoms with Crippen molar-refractivity contribution < 1.29 is 19.2 Å². The largest absolute Gasteiger partial charge is 0.465 e. The number of nitro benzene ring substituents is 1. The predicted octanol–water partition coefficient (Wildman–Crippen LogP) is 3.31. The highest BCUT2D eigenvalue weighted by atomic mass is 16.6. The minimum absolute atomic E-state index is 0.0179. The number of carbonyl (C=O) groups is 2. The van der Waals surface area contributed by atoms with E-state index in [1.807, 2.05) is 31.2 Å². The van der Waals surface area contributed by atoms with Crippen LogP contribution in [-0.2, 0) is 22.5 Å². The van der Waals surface area contributed by atoms with E-state index in [-0.39, 0.29) is 24.2 Å². The summed E-state index contributed by atoms with van der Waals surface area (Å²) in [4.78, 5) is 37.5. The second kappa shape index (κ2) is 7.05. The van der Waals surface area contributed by atoms with Gasteiger partial charge in [0.05, 0.1) is 17.6 Å². The number of fused-ring (bicyclic) bond motifs is 2. The van der Waals surface area contributed by atoms with Crippen molar-refractivity contribution in [1.82, 2.24) is 4.57 Å². The fourth-order valence-electron chi connectivity index (χ4n) is 3.98. The summed E-state index contributed by atoms with van der Waals surface area (Å²) in [5, 5.41) is 11.7. The predicted molar refractivity (Wildman–Crippen MR) is 107 cm³/mol. The Balaban J connectivity index is 1.68. The van der Waals surface area contributed by atoms with Crippen LogP contribution >= 0.6 is 0 Å². The highest BCUT2D eigenvalue weighted by Crippen LogP contribution is 2.35. The van der Waals surface area contributed by atoms with Gasteiger partial charge in [-0.15, -0.1) is 0 Å². The molecule has 0 aliphatic carbocycles. The van der Waals surface area contributed by atoms with Gasteiger partial charge in [0, 0.05) is 41.0 Å². The number of nitro groups is 1. The number of amides is 1. The molecule has 1 amide bonds. The monoisotopic (exact) mass is 393 g/mol. The van der Waals surface area contributed by atoms with Gasteiger partial charge in [-0.3, -0.25) is 14.9 Å². The lowest BCUT2D eigenvalue weighted by Gasteiger charge is -2.23. The van der Waals surface area contributed by atoms with Crippen LogP contribution in [0.2, 0.25) is 0 Å². The molecule has 4 rings (SSSR count). The lowest BCUT2D eigenvalue weighted by Crippen LogP contribution is -2.38. The molecule has 2 heterocycles. The average molecular weight is 393 g/mol. The Morgan fingerprint density at radius 2 is 2.00 bits per heavy atom. The second-order valence-electron chi connectivity index (χ2n) is 7.07.